The van der Waals surface area contributed by atoms with Crippen molar-refractivity contribution in [2.45, 2.75) is 57.0 Å². The Balaban J connectivity index is 0.000000587. The summed E-state index contributed by atoms with van der Waals surface area (Å²) in [7, 11) is -0.796. The Kier molecular flexibility index (Phi) is 18.3. The van der Waals surface area contributed by atoms with Crippen molar-refractivity contribution >= 4 is 35.7 Å². The fourth-order valence-corrected chi connectivity index (χ4v) is 8.29. The van der Waals surface area contributed by atoms with E-state index in [0.29, 0.717) is 0 Å². The van der Waals surface area contributed by atoms with Crippen molar-refractivity contribution in [2.75, 3.05) is 42.9 Å². The van der Waals surface area contributed by atoms with Crippen molar-refractivity contribution < 1.29 is 37.3 Å². The maximum Gasteiger partial charge on any atom is 0.203 e. The van der Waals surface area contributed by atoms with Crippen LogP contribution in [0.2, 0.25) is 0 Å². The molecule has 1 fully saturated rings. The number of likely N-dealkylation sites (N-methyl/N-ethyl adjacent to an activating group) is 1. The quantitative estimate of drug-likeness (QED) is 0.126. The molecule has 4 rings (SSSR count). The number of nitrogens with one attached hydrogen (secondary N) is 2. The van der Waals surface area contributed by atoms with Crippen LogP contribution in [0.1, 0.15) is 45.1 Å². The van der Waals surface area contributed by atoms with Crippen molar-refractivity contribution in [2.24, 2.45) is 0 Å². The first kappa shape index (κ1) is 35.9. The zero-order valence-corrected chi connectivity index (χ0v) is 29.1. The van der Waals surface area contributed by atoms with Crippen molar-refractivity contribution in [3.8, 4) is 0 Å². The van der Waals surface area contributed by atoms with Crippen molar-refractivity contribution in [3.63, 3.8) is 0 Å². The monoisotopic (exact) mass is 641 g/mol. The third-order valence-corrected chi connectivity index (χ3v) is 11.0. The van der Waals surface area contributed by atoms with Crippen molar-refractivity contribution in [1.29, 1.82) is 0 Å². The van der Waals surface area contributed by atoms with E-state index >= 15 is 0 Å². The van der Waals surface area contributed by atoms with Crippen LogP contribution in [0.3, 0.4) is 0 Å². The summed E-state index contributed by atoms with van der Waals surface area (Å²) < 4.78 is 16.9. The van der Waals surface area contributed by atoms with Crippen molar-refractivity contribution in [3.05, 3.63) is 91.3 Å². The zero-order chi connectivity index (χ0) is 27.8. The fourth-order valence-electron chi connectivity index (χ4n) is 4.25. The van der Waals surface area contributed by atoms with E-state index in [1.807, 2.05) is 39.1 Å². The van der Waals surface area contributed by atoms with E-state index < -0.39 is 7.29 Å². The molecule has 7 heteroatoms. The number of hydrogen-bond acceptors (Lipinski definition) is 4. The van der Waals surface area contributed by atoms with E-state index in [-0.39, 0.29) is 38.4 Å². The van der Waals surface area contributed by atoms with Crippen LogP contribution in [-0.2, 0) is 37.3 Å². The minimum Gasteiger partial charge on any atom is -0.388 e. The van der Waals surface area contributed by atoms with Gasteiger partial charge in [0.1, 0.15) is 0 Å². The molecular formula is C32H47N3OPSY-. The van der Waals surface area contributed by atoms with Crippen LogP contribution in [0.25, 0.3) is 0 Å². The average Bonchev–Trinajstić information content (AvgIpc) is 2.94. The Morgan fingerprint density at radius 3 is 2.03 bits per heavy atom. The summed E-state index contributed by atoms with van der Waals surface area (Å²) in [6, 6.07) is 27.0. The molecule has 0 aliphatic heterocycles. The Morgan fingerprint density at radius 2 is 1.56 bits per heavy atom. The second kappa shape index (κ2) is 19.9. The molecule has 2 N–H and O–H groups in total. The molecule has 4 nitrogen and oxygen atoms in total. The van der Waals surface area contributed by atoms with Crippen LogP contribution in [0, 0.1) is 13.8 Å². The first-order chi connectivity index (χ1) is 18.5. The van der Waals surface area contributed by atoms with Gasteiger partial charge in [-0.15, -0.1) is 11.8 Å². The zero-order valence-electron chi connectivity index (χ0n) is 24.5. The number of anilines is 2. The van der Waals surface area contributed by atoms with E-state index in [0.717, 1.165) is 55.6 Å². The number of nitrogens with zero attached hydrogens (tertiary/aromatic N) is 1. The van der Waals surface area contributed by atoms with Gasteiger partial charge in [-0.25, -0.2) is 0 Å². The molecule has 3 aromatic carbocycles. The Morgan fingerprint density at radius 1 is 0.949 bits per heavy atom. The van der Waals surface area contributed by atoms with E-state index in [1.165, 1.54) is 16.9 Å². The summed E-state index contributed by atoms with van der Waals surface area (Å²) in [4.78, 5) is 1.33. The molecule has 39 heavy (non-hydrogen) atoms. The number of thioether (sulfide) groups is 1. The third kappa shape index (κ3) is 10.7. The number of benzene rings is 3. The number of aryl methyl sites for hydroxylation is 1. The molecule has 1 saturated carbocycles. The summed E-state index contributed by atoms with van der Waals surface area (Å²) in [5, 5.41) is 7.55. The van der Waals surface area contributed by atoms with Gasteiger partial charge in [0.2, 0.25) is 7.29 Å². The third-order valence-electron chi connectivity index (χ3n) is 6.56. The van der Waals surface area contributed by atoms with Gasteiger partial charge in [-0.3, -0.25) is 4.57 Å². The maximum absolute atomic E-state index is 14.7. The van der Waals surface area contributed by atoms with Crippen LogP contribution in [0.4, 0.5) is 11.4 Å². The molecule has 211 valence electrons. The van der Waals surface area contributed by atoms with E-state index in [9.17, 15) is 4.57 Å². The predicted molar refractivity (Wildman–Crippen MR) is 172 cm³/mol. The molecule has 3 aromatic rings. The topological polar surface area (TPSA) is 44.4 Å². The Bertz CT molecular complexity index is 1080. The fraction of sp³-hybridized carbons (Fsp3) is 0.406. The SMILES string of the molecule is CC.CSc1ccccc1.[CH2-]CCNc1ccc(P(=O)(C2CCC2)N(CCNC)c2ccc(C)cc2)cc1.[Y]. The van der Waals surface area contributed by atoms with Crippen molar-refractivity contribution in [1.82, 2.24) is 5.32 Å². The normalized spacial score (nSPS) is 13.7. The van der Waals surface area contributed by atoms with Crippen LogP contribution >= 0.6 is 19.1 Å². The van der Waals surface area contributed by atoms with Gasteiger partial charge in [0.05, 0.1) is 0 Å². The summed E-state index contributed by atoms with van der Waals surface area (Å²) in [5.41, 5.74) is 3.57. The Labute approximate surface area is 267 Å². The van der Waals surface area contributed by atoms with Crippen LogP contribution < -0.4 is 20.6 Å². The Hall–Kier alpha value is -1.10. The summed E-state index contributed by atoms with van der Waals surface area (Å²) >= 11 is 1.77. The molecule has 0 spiro atoms. The molecule has 0 aromatic heterocycles. The minimum atomic E-state index is -2.75. The van der Waals surface area contributed by atoms with Crippen LogP contribution in [-0.4, -0.2) is 38.6 Å². The minimum absolute atomic E-state index is 0. The van der Waals surface area contributed by atoms with E-state index in [1.54, 1.807) is 11.8 Å². The van der Waals surface area contributed by atoms with Gasteiger partial charge in [-0.05, 0) is 88.1 Å². The predicted octanol–water partition coefficient (Wildman–Crippen LogP) is 8.25. The summed E-state index contributed by atoms with van der Waals surface area (Å²) in [6.45, 7) is 12.3. The molecule has 0 heterocycles. The second-order valence-electron chi connectivity index (χ2n) is 9.11. The van der Waals surface area contributed by atoms with Gasteiger partial charge in [0.25, 0.3) is 0 Å². The number of rotatable bonds is 11. The smallest absolute Gasteiger partial charge is 0.203 e. The summed E-state index contributed by atoms with van der Waals surface area (Å²) in [5.74, 6) is 0. The molecule has 1 aliphatic carbocycles. The first-order valence-electron chi connectivity index (χ1n) is 13.8. The second-order valence-corrected chi connectivity index (χ2v) is 13.0. The van der Waals surface area contributed by atoms with Gasteiger partial charge in [-0.1, -0.05) is 56.2 Å². The standard InChI is InChI=1S/C23H33N3OP.C7H8S.C2H6.Y/c1-4-16-25-20-10-14-23(15-11-20)28(27,22-6-5-7-22)26(18-17-24-3)21-12-8-19(2)9-13-21;1-8-7-5-3-2-4-6-7;1-2;/h8-15,22,24-25H,1,4-7,16-18H2,2-3H3;2-6H,1H3;1-2H3;/q-1;;;. The van der Waals surface area contributed by atoms with Gasteiger partial charge in [-0.2, -0.15) is 6.42 Å². The maximum atomic E-state index is 14.7. The van der Waals surface area contributed by atoms with Crippen LogP contribution in [0.5, 0.6) is 0 Å². The molecule has 0 amide bonds. The molecule has 1 unspecified atom stereocenters. The average molecular weight is 642 g/mol. The number of hydrogen-bond donors (Lipinski definition) is 2. The largest absolute Gasteiger partial charge is 0.388 e. The molecular weight excluding hydrogens is 594 g/mol. The molecule has 0 bridgehead atoms. The van der Waals surface area contributed by atoms with E-state index in [4.69, 9.17) is 0 Å². The molecule has 1 atom stereocenters. The molecule has 1 aliphatic rings. The molecule has 0 saturated heterocycles. The summed E-state index contributed by atoms with van der Waals surface area (Å²) in [6.07, 6.45) is 6.18. The first-order valence-corrected chi connectivity index (χ1v) is 16.8. The molecule has 1 radical (unpaired) electrons. The van der Waals surface area contributed by atoms with Gasteiger partial charge in [0.15, 0.2) is 0 Å². The van der Waals surface area contributed by atoms with Crippen LogP contribution in [0.15, 0.2) is 83.8 Å². The van der Waals surface area contributed by atoms with Gasteiger partial charge >= 0.3 is 0 Å². The van der Waals surface area contributed by atoms with Gasteiger partial charge < -0.3 is 22.2 Å². The van der Waals surface area contributed by atoms with E-state index in [2.05, 4.69) is 96.1 Å². The van der Waals surface area contributed by atoms with Gasteiger partial charge in [0, 0.05) is 73.0 Å².